The van der Waals surface area contributed by atoms with Crippen LogP contribution in [0.5, 0.6) is 0 Å². The third kappa shape index (κ3) is 7.96. The molecular formula is C22H35FO4. The smallest absolute Gasteiger partial charge is 0.303 e. The normalized spacial score (nSPS) is 24.9. The molecule has 0 aromatic rings. The average molecular weight is 383 g/mol. The summed E-state index contributed by atoms with van der Waals surface area (Å²) in [4.78, 5) is 22.7. The second-order valence-corrected chi connectivity index (χ2v) is 8.29. The van der Waals surface area contributed by atoms with E-state index in [1.165, 1.54) is 0 Å². The Hall–Kier alpha value is -1.49. The van der Waals surface area contributed by atoms with E-state index in [0.29, 0.717) is 19.3 Å². The van der Waals surface area contributed by atoms with Gasteiger partial charge in [0.1, 0.15) is 12.0 Å². The van der Waals surface area contributed by atoms with E-state index in [1.54, 1.807) is 12.2 Å². The van der Waals surface area contributed by atoms with Gasteiger partial charge in [-0.3, -0.25) is 9.59 Å². The van der Waals surface area contributed by atoms with Crippen LogP contribution in [0.25, 0.3) is 0 Å². The molecular weight excluding hydrogens is 347 g/mol. The molecule has 0 amide bonds. The van der Waals surface area contributed by atoms with E-state index in [-0.39, 0.29) is 24.0 Å². The van der Waals surface area contributed by atoms with Crippen molar-refractivity contribution in [1.82, 2.24) is 0 Å². The summed E-state index contributed by atoms with van der Waals surface area (Å²) in [6, 6.07) is 0. The SMILES string of the molecule is CCCCC(C)(C)[C@H](O)/C=C/[C@H]1C(=O)C[C@H](F)[C@@H]1C/C=C\CCCC(=O)O. The Labute approximate surface area is 162 Å². The molecule has 0 unspecified atom stereocenters. The molecule has 1 aliphatic rings. The molecule has 2 N–H and O–H groups in total. The largest absolute Gasteiger partial charge is 0.481 e. The van der Waals surface area contributed by atoms with Gasteiger partial charge in [-0.2, -0.15) is 0 Å². The number of rotatable bonds is 12. The molecule has 0 radical (unpaired) electrons. The monoisotopic (exact) mass is 382 g/mol. The van der Waals surface area contributed by atoms with Gasteiger partial charge >= 0.3 is 5.97 Å². The molecule has 154 valence electrons. The third-order valence-electron chi connectivity index (χ3n) is 5.51. The van der Waals surface area contributed by atoms with Crippen LogP contribution in [0.4, 0.5) is 4.39 Å². The molecule has 0 aromatic heterocycles. The van der Waals surface area contributed by atoms with Gasteiger partial charge in [-0.05, 0) is 31.1 Å². The summed E-state index contributed by atoms with van der Waals surface area (Å²) in [5.41, 5.74) is -0.275. The lowest BCUT2D eigenvalue weighted by molar-refractivity contribution is -0.137. The first-order valence-electron chi connectivity index (χ1n) is 10.1. The van der Waals surface area contributed by atoms with Gasteiger partial charge in [0.15, 0.2) is 0 Å². The van der Waals surface area contributed by atoms with Gasteiger partial charge in [-0.1, -0.05) is 57.9 Å². The van der Waals surface area contributed by atoms with Gasteiger partial charge in [-0.15, -0.1) is 0 Å². The molecule has 0 aliphatic heterocycles. The Morgan fingerprint density at radius 2 is 2.04 bits per heavy atom. The Bertz CT molecular complexity index is 538. The molecule has 0 spiro atoms. The molecule has 27 heavy (non-hydrogen) atoms. The first-order valence-corrected chi connectivity index (χ1v) is 10.1. The average Bonchev–Trinajstić information content (AvgIpc) is 2.86. The predicted molar refractivity (Wildman–Crippen MR) is 105 cm³/mol. The number of hydrogen-bond acceptors (Lipinski definition) is 3. The minimum atomic E-state index is -1.17. The van der Waals surface area contributed by atoms with E-state index in [4.69, 9.17) is 5.11 Å². The Kier molecular flexibility index (Phi) is 9.92. The van der Waals surface area contributed by atoms with Crippen molar-refractivity contribution in [3.63, 3.8) is 0 Å². The summed E-state index contributed by atoms with van der Waals surface area (Å²) in [5, 5.41) is 19.1. The molecule has 4 nitrogen and oxygen atoms in total. The van der Waals surface area contributed by atoms with Crippen LogP contribution in [0.2, 0.25) is 0 Å². The highest BCUT2D eigenvalue weighted by Crippen LogP contribution is 2.36. The van der Waals surface area contributed by atoms with Gasteiger partial charge in [0.25, 0.3) is 0 Å². The number of hydrogen-bond donors (Lipinski definition) is 2. The van der Waals surface area contributed by atoms with Crippen molar-refractivity contribution in [3.05, 3.63) is 24.3 Å². The highest BCUT2D eigenvalue weighted by Gasteiger charge is 2.40. The maximum atomic E-state index is 14.3. The van der Waals surface area contributed by atoms with Crippen LogP contribution in [-0.2, 0) is 9.59 Å². The number of carbonyl (C=O) groups excluding carboxylic acids is 1. The zero-order chi connectivity index (χ0) is 20.4. The third-order valence-corrected chi connectivity index (χ3v) is 5.51. The van der Waals surface area contributed by atoms with Crippen molar-refractivity contribution >= 4 is 11.8 Å². The number of unbranched alkanes of at least 4 members (excludes halogenated alkanes) is 2. The Morgan fingerprint density at radius 1 is 1.33 bits per heavy atom. The van der Waals surface area contributed by atoms with E-state index in [0.717, 1.165) is 19.3 Å². The maximum Gasteiger partial charge on any atom is 0.303 e. The van der Waals surface area contributed by atoms with Gasteiger partial charge in [0.05, 0.1) is 6.10 Å². The number of carboxylic acids is 1. The topological polar surface area (TPSA) is 74.6 Å². The van der Waals surface area contributed by atoms with Gasteiger partial charge in [0.2, 0.25) is 0 Å². The molecule has 0 heterocycles. The van der Waals surface area contributed by atoms with E-state index in [1.807, 2.05) is 26.0 Å². The number of allylic oxidation sites excluding steroid dienone is 3. The minimum absolute atomic E-state index is 0.0676. The molecule has 5 heteroatoms. The lowest BCUT2D eigenvalue weighted by Gasteiger charge is -2.29. The van der Waals surface area contributed by atoms with Crippen LogP contribution >= 0.6 is 0 Å². The second kappa shape index (κ2) is 11.4. The summed E-state index contributed by atoms with van der Waals surface area (Å²) in [7, 11) is 0. The zero-order valence-corrected chi connectivity index (χ0v) is 16.9. The van der Waals surface area contributed by atoms with Crippen molar-refractivity contribution in [3.8, 4) is 0 Å². The van der Waals surface area contributed by atoms with Crippen LogP contribution in [-0.4, -0.2) is 34.2 Å². The van der Waals surface area contributed by atoms with Crippen LogP contribution in [0.3, 0.4) is 0 Å². The van der Waals surface area contributed by atoms with Crippen molar-refractivity contribution in [1.29, 1.82) is 0 Å². The number of aliphatic hydroxyl groups is 1. The second-order valence-electron chi connectivity index (χ2n) is 8.29. The maximum absolute atomic E-state index is 14.3. The lowest BCUT2D eigenvalue weighted by atomic mass is 9.80. The Balaban J connectivity index is 2.63. The number of alkyl halides is 1. The molecule has 0 aromatic carbocycles. The van der Waals surface area contributed by atoms with Crippen molar-refractivity contribution in [2.24, 2.45) is 17.3 Å². The highest BCUT2D eigenvalue weighted by atomic mass is 19.1. The number of carboxylic acid groups (broad SMARTS) is 1. The number of aliphatic hydroxyl groups excluding tert-OH is 1. The zero-order valence-electron chi connectivity index (χ0n) is 16.9. The van der Waals surface area contributed by atoms with E-state index >= 15 is 0 Å². The van der Waals surface area contributed by atoms with Gasteiger partial charge < -0.3 is 10.2 Å². The number of carbonyl (C=O) groups is 2. The van der Waals surface area contributed by atoms with Crippen LogP contribution in [0.15, 0.2) is 24.3 Å². The highest BCUT2D eigenvalue weighted by molar-refractivity contribution is 5.86. The van der Waals surface area contributed by atoms with Crippen LogP contribution in [0.1, 0.15) is 72.1 Å². The summed E-state index contributed by atoms with van der Waals surface area (Å²) < 4.78 is 14.3. The first kappa shape index (κ1) is 23.5. The fourth-order valence-electron chi connectivity index (χ4n) is 3.50. The lowest BCUT2D eigenvalue weighted by Crippen LogP contribution is -2.28. The predicted octanol–water partition coefficient (Wildman–Crippen LogP) is 4.86. The summed E-state index contributed by atoms with van der Waals surface area (Å²) in [5.74, 6) is -1.84. The molecule has 0 bridgehead atoms. The number of halogens is 1. The number of ketones is 1. The van der Waals surface area contributed by atoms with Crippen LogP contribution in [0, 0.1) is 17.3 Å². The van der Waals surface area contributed by atoms with Crippen LogP contribution < -0.4 is 0 Å². The summed E-state index contributed by atoms with van der Waals surface area (Å²) in [6.45, 7) is 6.11. The number of Topliss-reactive ketones (excluding diaryl/α,β-unsaturated/α-hetero) is 1. The summed E-state index contributed by atoms with van der Waals surface area (Å²) in [6.07, 6.45) is 9.91. The molecule has 1 rings (SSSR count). The molecule has 1 aliphatic carbocycles. The summed E-state index contributed by atoms with van der Waals surface area (Å²) >= 11 is 0. The molecule has 1 fully saturated rings. The van der Waals surface area contributed by atoms with E-state index < -0.39 is 30.1 Å². The molecule has 1 saturated carbocycles. The number of aliphatic carboxylic acids is 1. The quantitative estimate of drug-likeness (QED) is 0.373. The molecule has 0 saturated heterocycles. The van der Waals surface area contributed by atoms with Crippen molar-refractivity contribution in [2.75, 3.05) is 0 Å². The Morgan fingerprint density at radius 3 is 2.67 bits per heavy atom. The fraction of sp³-hybridized carbons (Fsp3) is 0.727. The van der Waals surface area contributed by atoms with Crippen molar-refractivity contribution < 1.29 is 24.2 Å². The van der Waals surface area contributed by atoms with Gasteiger partial charge in [-0.25, -0.2) is 4.39 Å². The molecule has 4 atom stereocenters. The van der Waals surface area contributed by atoms with Gasteiger partial charge in [0, 0.05) is 24.7 Å². The van der Waals surface area contributed by atoms with E-state index in [2.05, 4.69) is 6.92 Å². The fourth-order valence-corrected chi connectivity index (χ4v) is 3.50. The first-order chi connectivity index (χ1) is 12.7. The standard InChI is InChI=1S/C22H35FO4/c1-4-5-14-22(2,3)20(25)13-12-17-16(18(23)15-19(17)24)10-8-6-7-9-11-21(26)27/h6,8,12-13,16-18,20,25H,4-5,7,9-11,14-15H2,1-3H3,(H,26,27)/b8-6-,13-12+/t16-,17-,18+,20-/m1/s1. The van der Waals surface area contributed by atoms with E-state index in [9.17, 15) is 19.1 Å². The van der Waals surface area contributed by atoms with Crippen molar-refractivity contribution in [2.45, 2.75) is 84.4 Å². The minimum Gasteiger partial charge on any atom is -0.481 e.